The number of rotatable bonds is 6. The quantitative estimate of drug-likeness (QED) is 0.637. The van der Waals surface area contributed by atoms with Gasteiger partial charge in [0.2, 0.25) is 0 Å². The summed E-state index contributed by atoms with van der Waals surface area (Å²) < 4.78 is 35.6. The van der Waals surface area contributed by atoms with Crippen molar-refractivity contribution in [2.45, 2.75) is 6.92 Å². The Balaban J connectivity index is 2.46. The Bertz CT molecular complexity index is 581. The second kappa shape index (κ2) is 8.50. The molecule has 0 saturated heterocycles. The highest BCUT2D eigenvalue weighted by Gasteiger charge is 2.13. The van der Waals surface area contributed by atoms with E-state index in [1.165, 1.54) is 0 Å². The Hall–Kier alpha value is -2.77. The fourth-order valence-electron chi connectivity index (χ4n) is 1.30. The van der Waals surface area contributed by atoms with E-state index < -0.39 is 41.8 Å². The van der Waals surface area contributed by atoms with E-state index in [2.05, 4.69) is 9.47 Å². The van der Waals surface area contributed by atoms with E-state index in [-0.39, 0.29) is 6.61 Å². The maximum atomic E-state index is 13.3. The molecule has 0 atom stereocenters. The number of amides is 1. The zero-order chi connectivity index (χ0) is 16.5. The molecule has 6 nitrogen and oxygen atoms in total. The van der Waals surface area contributed by atoms with Gasteiger partial charge in [-0.25, -0.2) is 18.4 Å². The lowest BCUT2D eigenvalue weighted by atomic mass is 10.3. The van der Waals surface area contributed by atoms with E-state index in [0.29, 0.717) is 0 Å². The molecule has 0 aliphatic heterocycles. The molecular formula is C14H13F2NO5. The van der Waals surface area contributed by atoms with Crippen LogP contribution in [-0.4, -0.2) is 31.1 Å². The van der Waals surface area contributed by atoms with Crippen molar-refractivity contribution in [3.05, 3.63) is 42.0 Å². The standard InChI is InChI=1S/C14H13F2NO5/c1-2-21-12(19)6-7-13(20)22-8-11(18)17-14-9(15)4-3-5-10(14)16/h3-7H,2,8H2,1H3,(H,17,18)/b7-6+. The largest absolute Gasteiger partial charge is 0.463 e. The molecule has 0 aliphatic rings. The Morgan fingerprint density at radius 2 is 1.64 bits per heavy atom. The van der Waals surface area contributed by atoms with Crippen LogP contribution in [0.2, 0.25) is 0 Å². The third kappa shape index (κ3) is 5.70. The molecule has 0 fully saturated rings. The van der Waals surface area contributed by atoms with E-state index in [9.17, 15) is 23.2 Å². The van der Waals surface area contributed by atoms with Crippen LogP contribution in [0.5, 0.6) is 0 Å². The van der Waals surface area contributed by atoms with Crippen molar-refractivity contribution in [2.24, 2.45) is 0 Å². The fourth-order valence-corrected chi connectivity index (χ4v) is 1.30. The van der Waals surface area contributed by atoms with Crippen LogP contribution in [0.15, 0.2) is 30.4 Å². The smallest absolute Gasteiger partial charge is 0.331 e. The van der Waals surface area contributed by atoms with E-state index >= 15 is 0 Å². The van der Waals surface area contributed by atoms with E-state index in [4.69, 9.17) is 0 Å². The number of carbonyl (C=O) groups excluding carboxylic acids is 3. The number of hydrogen-bond donors (Lipinski definition) is 1. The number of benzene rings is 1. The van der Waals surface area contributed by atoms with Gasteiger partial charge in [-0.15, -0.1) is 0 Å². The molecule has 0 heterocycles. The van der Waals surface area contributed by atoms with Crippen LogP contribution in [-0.2, 0) is 23.9 Å². The molecule has 1 N–H and O–H groups in total. The summed E-state index contributed by atoms with van der Waals surface area (Å²) >= 11 is 0. The first-order valence-electron chi connectivity index (χ1n) is 6.19. The van der Waals surface area contributed by atoms with Crippen molar-refractivity contribution in [1.82, 2.24) is 0 Å². The Morgan fingerprint density at radius 3 is 2.18 bits per heavy atom. The summed E-state index contributed by atoms with van der Waals surface area (Å²) in [6, 6.07) is 3.07. The van der Waals surface area contributed by atoms with Crippen LogP contribution < -0.4 is 5.32 Å². The molecule has 0 aromatic heterocycles. The summed E-state index contributed by atoms with van der Waals surface area (Å²) in [5.41, 5.74) is -0.634. The van der Waals surface area contributed by atoms with Gasteiger partial charge < -0.3 is 14.8 Å². The Morgan fingerprint density at radius 1 is 1.09 bits per heavy atom. The first-order valence-corrected chi connectivity index (χ1v) is 6.19. The number of nitrogens with one attached hydrogen (secondary N) is 1. The van der Waals surface area contributed by atoms with Gasteiger partial charge in [0, 0.05) is 12.2 Å². The average molecular weight is 313 g/mol. The van der Waals surface area contributed by atoms with Gasteiger partial charge in [-0.05, 0) is 19.1 Å². The lowest BCUT2D eigenvalue weighted by Crippen LogP contribution is -2.21. The molecule has 1 rings (SSSR count). The number of ether oxygens (including phenoxy) is 2. The maximum absolute atomic E-state index is 13.3. The van der Waals surface area contributed by atoms with Crippen LogP contribution in [0.25, 0.3) is 0 Å². The highest BCUT2D eigenvalue weighted by Crippen LogP contribution is 2.17. The average Bonchev–Trinajstić information content (AvgIpc) is 2.47. The van der Waals surface area contributed by atoms with Crippen molar-refractivity contribution in [1.29, 1.82) is 0 Å². The Labute approximate surface area is 124 Å². The molecule has 1 aromatic rings. The third-order valence-electron chi connectivity index (χ3n) is 2.21. The first-order chi connectivity index (χ1) is 10.4. The summed E-state index contributed by atoms with van der Waals surface area (Å²) in [4.78, 5) is 33.5. The molecule has 0 spiro atoms. The minimum absolute atomic E-state index is 0.148. The van der Waals surface area contributed by atoms with Crippen molar-refractivity contribution in [3.63, 3.8) is 0 Å². The van der Waals surface area contributed by atoms with Gasteiger partial charge in [-0.1, -0.05) is 6.07 Å². The molecule has 1 amide bonds. The summed E-state index contributed by atoms with van der Waals surface area (Å²) in [5.74, 6) is -4.56. The highest BCUT2D eigenvalue weighted by atomic mass is 19.1. The van der Waals surface area contributed by atoms with Crippen molar-refractivity contribution in [2.75, 3.05) is 18.5 Å². The van der Waals surface area contributed by atoms with Crippen LogP contribution in [0.3, 0.4) is 0 Å². The molecule has 1 aromatic carbocycles. The van der Waals surface area contributed by atoms with Gasteiger partial charge in [0.15, 0.2) is 6.61 Å². The van der Waals surface area contributed by atoms with Gasteiger partial charge in [0.05, 0.1) is 6.61 Å². The van der Waals surface area contributed by atoms with Crippen LogP contribution >= 0.6 is 0 Å². The van der Waals surface area contributed by atoms with Crippen LogP contribution in [0.4, 0.5) is 14.5 Å². The summed E-state index contributed by atoms with van der Waals surface area (Å²) in [7, 11) is 0. The molecule has 0 bridgehead atoms. The molecule has 0 saturated carbocycles. The number of esters is 2. The van der Waals surface area contributed by atoms with Crippen molar-refractivity contribution < 1.29 is 32.6 Å². The fraction of sp³-hybridized carbons (Fsp3) is 0.214. The molecule has 8 heteroatoms. The first kappa shape index (κ1) is 17.3. The topological polar surface area (TPSA) is 81.7 Å². The second-order valence-electron chi connectivity index (χ2n) is 3.84. The van der Waals surface area contributed by atoms with E-state index in [1.54, 1.807) is 6.92 Å². The van der Waals surface area contributed by atoms with Gasteiger partial charge in [-0.2, -0.15) is 0 Å². The summed E-state index contributed by atoms with van der Waals surface area (Å²) in [6.07, 6.45) is 1.61. The van der Waals surface area contributed by atoms with Crippen LogP contribution in [0, 0.1) is 11.6 Å². The number of hydrogen-bond acceptors (Lipinski definition) is 5. The third-order valence-corrected chi connectivity index (χ3v) is 2.21. The molecule has 118 valence electrons. The molecule has 22 heavy (non-hydrogen) atoms. The molecular weight excluding hydrogens is 300 g/mol. The lowest BCUT2D eigenvalue weighted by molar-refractivity contribution is -0.143. The zero-order valence-corrected chi connectivity index (χ0v) is 11.6. The SMILES string of the molecule is CCOC(=O)/C=C/C(=O)OCC(=O)Nc1c(F)cccc1F. The van der Waals surface area contributed by atoms with Gasteiger partial charge in [0.25, 0.3) is 5.91 Å². The normalized spacial score (nSPS) is 10.3. The number of para-hydroxylation sites is 1. The van der Waals surface area contributed by atoms with Gasteiger partial charge in [0.1, 0.15) is 17.3 Å². The van der Waals surface area contributed by atoms with Crippen molar-refractivity contribution in [3.8, 4) is 0 Å². The second-order valence-corrected chi connectivity index (χ2v) is 3.84. The zero-order valence-electron chi connectivity index (χ0n) is 11.6. The maximum Gasteiger partial charge on any atom is 0.331 e. The number of halogens is 2. The lowest BCUT2D eigenvalue weighted by Gasteiger charge is -2.07. The predicted octanol–water partition coefficient (Wildman–Crippen LogP) is 1.57. The Kier molecular flexibility index (Phi) is 6.68. The summed E-state index contributed by atoms with van der Waals surface area (Å²) in [6.45, 7) is 0.977. The highest BCUT2D eigenvalue weighted by molar-refractivity contribution is 5.95. The minimum atomic E-state index is -0.975. The number of carbonyl (C=O) groups is 3. The minimum Gasteiger partial charge on any atom is -0.463 e. The van der Waals surface area contributed by atoms with Crippen LogP contribution in [0.1, 0.15) is 6.92 Å². The molecule has 0 aliphatic carbocycles. The summed E-state index contributed by atoms with van der Waals surface area (Å²) in [5, 5.41) is 1.94. The molecule has 0 unspecified atom stereocenters. The van der Waals surface area contributed by atoms with Gasteiger partial charge >= 0.3 is 11.9 Å². The number of anilines is 1. The van der Waals surface area contributed by atoms with E-state index in [1.807, 2.05) is 5.32 Å². The molecule has 0 radical (unpaired) electrons. The van der Waals surface area contributed by atoms with E-state index in [0.717, 1.165) is 30.4 Å². The monoisotopic (exact) mass is 313 g/mol. The van der Waals surface area contributed by atoms with Gasteiger partial charge in [-0.3, -0.25) is 4.79 Å². The van der Waals surface area contributed by atoms with Crippen molar-refractivity contribution >= 4 is 23.5 Å². The predicted molar refractivity (Wildman–Crippen MR) is 71.7 cm³/mol.